The molecule has 1 fully saturated rings. The Morgan fingerprint density at radius 1 is 1.24 bits per heavy atom. The number of rotatable bonds is 3. The summed E-state index contributed by atoms with van der Waals surface area (Å²) in [4.78, 5) is 0. The number of aliphatic hydroxyl groups is 1. The van der Waals surface area contributed by atoms with Gasteiger partial charge in [0.2, 0.25) is 0 Å². The quantitative estimate of drug-likeness (QED) is 0.841. The van der Waals surface area contributed by atoms with Gasteiger partial charge in [0.25, 0.3) is 0 Å². The molecule has 1 aromatic rings. The van der Waals surface area contributed by atoms with Crippen LogP contribution in [0.3, 0.4) is 0 Å². The molecule has 2 rings (SSSR count). The van der Waals surface area contributed by atoms with Crippen molar-refractivity contribution < 1.29 is 23.9 Å². The molecule has 21 heavy (non-hydrogen) atoms. The highest BCUT2D eigenvalue weighted by molar-refractivity contribution is 6.55. The fourth-order valence-electron chi connectivity index (χ4n) is 2.01. The molecule has 1 heterocycles. The molecule has 4 nitrogen and oxygen atoms in total. The molecule has 1 saturated heterocycles. The molecular formula is C15H20BFO4. The number of phenols is 1. The Morgan fingerprint density at radius 3 is 2.29 bits per heavy atom. The molecule has 0 aromatic heterocycles. The molecule has 0 saturated carbocycles. The van der Waals surface area contributed by atoms with E-state index < -0.39 is 29.9 Å². The number of aromatic hydroxyl groups is 1. The van der Waals surface area contributed by atoms with Crippen molar-refractivity contribution in [1.29, 1.82) is 0 Å². The summed E-state index contributed by atoms with van der Waals surface area (Å²) >= 11 is 0. The van der Waals surface area contributed by atoms with Crippen molar-refractivity contribution in [3.63, 3.8) is 0 Å². The van der Waals surface area contributed by atoms with Gasteiger partial charge in [0.15, 0.2) is 11.6 Å². The third-order valence-electron chi connectivity index (χ3n) is 4.06. The number of aliphatic hydroxyl groups excluding tert-OH is 1. The van der Waals surface area contributed by atoms with Gasteiger partial charge in [0, 0.05) is 0 Å². The van der Waals surface area contributed by atoms with Crippen molar-refractivity contribution in [3.05, 3.63) is 35.1 Å². The van der Waals surface area contributed by atoms with E-state index in [1.165, 1.54) is 12.1 Å². The molecule has 114 valence electrons. The first kappa shape index (κ1) is 16.0. The largest absolute Gasteiger partial charge is 0.505 e. The second-order valence-electron chi connectivity index (χ2n) is 6.18. The van der Waals surface area contributed by atoms with Crippen LogP contribution in [0.2, 0.25) is 0 Å². The van der Waals surface area contributed by atoms with E-state index in [0.717, 1.165) is 0 Å². The van der Waals surface area contributed by atoms with Crippen molar-refractivity contribution in [1.82, 2.24) is 0 Å². The van der Waals surface area contributed by atoms with Gasteiger partial charge < -0.3 is 19.5 Å². The maximum absolute atomic E-state index is 13.4. The fourth-order valence-corrected chi connectivity index (χ4v) is 2.01. The minimum Gasteiger partial charge on any atom is -0.505 e. The second-order valence-corrected chi connectivity index (χ2v) is 6.18. The van der Waals surface area contributed by atoms with Crippen molar-refractivity contribution >= 4 is 13.2 Å². The summed E-state index contributed by atoms with van der Waals surface area (Å²) in [5.41, 5.74) is 0.000874. The Labute approximate surface area is 124 Å². The molecule has 1 aliphatic heterocycles. The SMILES string of the molecule is CC1(C)OB(C(=Cc2ccc(O)c(F)c2)CO)OC1(C)C. The Morgan fingerprint density at radius 2 is 1.81 bits per heavy atom. The zero-order valence-electron chi connectivity index (χ0n) is 12.7. The lowest BCUT2D eigenvalue weighted by Gasteiger charge is -2.32. The van der Waals surface area contributed by atoms with E-state index in [9.17, 15) is 14.6 Å². The first-order valence-corrected chi connectivity index (χ1v) is 6.82. The van der Waals surface area contributed by atoms with Crippen LogP contribution in [-0.2, 0) is 9.31 Å². The monoisotopic (exact) mass is 294 g/mol. The van der Waals surface area contributed by atoms with Crippen LogP contribution < -0.4 is 0 Å². The van der Waals surface area contributed by atoms with Crippen LogP contribution in [0.4, 0.5) is 4.39 Å². The van der Waals surface area contributed by atoms with Crippen LogP contribution in [0.25, 0.3) is 6.08 Å². The lowest BCUT2D eigenvalue weighted by molar-refractivity contribution is 0.00578. The second kappa shape index (κ2) is 5.44. The van der Waals surface area contributed by atoms with Gasteiger partial charge in [-0.15, -0.1) is 0 Å². The van der Waals surface area contributed by atoms with Crippen LogP contribution in [0.1, 0.15) is 33.3 Å². The molecule has 0 atom stereocenters. The molecule has 0 amide bonds. The van der Waals surface area contributed by atoms with Crippen LogP contribution in [0.5, 0.6) is 5.75 Å². The van der Waals surface area contributed by atoms with Crippen LogP contribution in [0, 0.1) is 5.82 Å². The highest BCUT2D eigenvalue weighted by atomic mass is 19.1. The first-order chi connectivity index (χ1) is 9.66. The smallest absolute Gasteiger partial charge is 0.492 e. The summed E-state index contributed by atoms with van der Waals surface area (Å²) in [6.07, 6.45) is 1.60. The van der Waals surface area contributed by atoms with Crippen molar-refractivity contribution in [2.45, 2.75) is 38.9 Å². The summed E-state index contributed by atoms with van der Waals surface area (Å²) in [6.45, 7) is 7.41. The van der Waals surface area contributed by atoms with E-state index in [1.54, 1.807) is 12.1 Å². The average Bonchev–Trinajstić information content (AvgIpc) is 2.59. The van der Waals surface area contributed by atoms with Crippen molar-refractivity contribution in [2.75, 3.05) is 6.61 Å². The molecule has 0 aliphatic carbocycles. The molecule has 2 N–H and O–H groups in total. The third kappa shape index (κ3) is 3.12. The molecule has 1 aromatic carbocycles. The molecule has 1 aliphatic rings. The van der Waals surface area contributed by atoms with Gasteiger partial charge in [-0.2, -0.15) is 0 Å². The van der Waals surface area contributed by atoms with Gasteiger partial charge in [0.1, 0.15) is 0 Å². The average molecular weight is 294 g/mol. The minimum absolute atomic E-state index is 0.265. The predicted octanol–water partition coefficient (Wildman–Crippen LogP) is 2.54. The number of hydrogen-bond acceptors (Lipinski definition) is 4. The highest BCUT2D eigenvalue weighted by Gasteiger charge is 2.52. The van der Waals surface area contributed by atoms with Crippen molar-refractivity contribution in [2.24, 2.45) is 0 Å². The summed E-state index contributed by atoms with van der Waals surface area (Å²) in [6, 6.07) is 4.01. The molecule has 6 heteroatoms. The summed E-state index contributed by atoms with van der Waals surface area (Å²) in [5, 5.41) is 18.7. The number of phenolic OH excluding ortho intramolecular Hbond substituents is 1. The van der Waals surface area contributed by atoms with E-state index in [4.69, 9.17) is 9.31 Å². The van der Waals surface area contributed by atoms with Crippen LogP contribution >= 0.6 is 0 Å². The highest BCUT2D eigenvalue weighted by Crippen LogP contribution is 2.38. The van der Waals surface area contributed by atoms with Gasteiger partial charge in [-0.1, -0.05) is 12.1 Å². The van der Waals surface area contributed by atoms with Gasteiger partial charge in [0.05, 0.1) is 17.8 Å². The maximum atomic E-state index is 13.4. The van der Waals surface area contributed by atoms with E-state index in [2.05, 4.69) is 0 Å². The predicted molar refractivity (Wildman–Crippen MR) is 79.2 cm³/mol. The van der Waals surface area contributed by atoms with E-state index in [-0.39, 0.29) is 6.61 Å². The van der Waals surface area contributed by atoms with E-state index >= 15 is 0 Å². The Balaban J connectivity index is 2.28. The van der Waals surface area contributed by atoms with Crippen LogP contribution in [-0.4, -0.2) is 35.1 Å². The topological polar surface area (TPSA) is 58.9 Å². The summed E-state index contributed by atoms with van der Waals surface area (Å²) in [7, 11) is -0.683. The van der Waals surface area contributed by atoms with Gasteiger partial charge in [-0.25, -0.2) is 4.39 Å². The Hall–Kier alpha value is -1.37. The third-order valence-corrected chi connectivity index (χ3v) is 4.06. The normalized spacial score (nSPS) is 20.9. The Kier molecular flexibility index (Phi) is 4.15. The molecule has 0 radical (unpaired) electrons. The fraction of sp³-hybridized carbons (Fsp3) is 0.467. The number of hydrogen-bond donors (Lipinski definition) is 2. The van der Waals surface area contributed by atoms with E-state index in [1.807, 2.05) is 27.7 Å². The van der Waals surface area contributed by atoms with Crippen LogP contribution in [0.15, 0.2) is 23.7 Å². The summed E-state index contributed by atoms with van der Waals surface area (Å²) < 4.78 is 25.1. The van der Waals surface area contributed by atoms with Crippen molar-refractivity contribution in [3.8, 4) is 5.75 Å². The minimum atomic E-state index is -0.713. The van der Waals surface area contributed by atoms with Gasteiger partial charge >= 0.3 is 7.12 Å². The lowest BCUT2D eigenvalue weighted by Crippen LogP contribution is -2.41. The van der Waals surface area contributed by atoms with Gasteiger partial charge in [-0.05, 0) is 50.9 Å². The zero-order valence-corrected chi connectivity index (χ0v) is 12.7. The molecular weight excluding hydrogens is 274 g/mol. The molecule has 0 unspecified atom stereocenters. The maximum Gasteiger partial charge on any atom is 0.492 e. The first-order valence-electron chi connectivity index (χ1n) is 6.82. The standard InChI is InChI=1S/C15H20BFO4/c1-14(2)15(3,4)21-16(20-14)11(9-18)7-10-5-6-13(19)12(17)8-10/h5-8,18-19H,9H2,1-4H3. The zero-order chi connectivity index (χ0) is 15.8. The molecule has 0 bridgehead atoms. The number of benzene rings is 1. The van der Waals surface area contributed by atoms with Gasteiger partial charge in [-0.3, -0.25) is 0 Å². The summed E-state index contributed by atoms with van der Waals surface area (Å²) in [5.74, 6) is -1.12. The number of halogens is 1. The lowest BCUT2D eigenvalue weighted by atomic mass is 9.77. The Bertz CT molecular complexity index is 553. The van der Waals surface area contributed by atoms with E-state index in [0.29, 0.717) is 11.0 Å². The molecule has 0 spiro atoms.